The molecule has 9 heteroatoms. The third-order valence-corrected chi connectivity index (χ3v) is 5.07. The fourth-order valence-electron chi connectivity index (χ4n) is 3.33. The van der Waals surface area contributed by atoms with Gasteiger partial charge in [0.2, 0.25) is 5.91 Å². The topological polar surface area (TPSA) is 105 Å². The quantitative estimate of drug-likeness (QED) is 0.721. The Morgan fingerprint density at radius 2 is 2.17 bits per heavy atom. The Bertz CT molecular complexity index is 946. The number of esters is 1. The van der Waals surface area contributed by atoms with Crippen molar-refractivity contribution >= 4 is 23.5 Å². The number of halogens is 1. The highest BCUT2D eigenvalue weighted by Gasteiger charge is 2.29. The molecule has 1 fully saturated rings. The monoisotopic (exact) mass is 418 g/mol. The van der Waals surface area contributed by atoms with E-state index in [1.165, 1.54) is 0 Å². The molecule has 2 heterocycles. The molecular weight excluding hydrogens is 396 g/mol. The van der Waals surface area contributed by atoms with Crippen LogP contribution in [0, 0.1) is 5.92 Å². The number of rotatable bonds is 6. The minimum atomic E-state index is -0.384. The van der Waals surface area contributed by atoms with E-state index in [0.717, 1.165) is 12.8 Å². The van der Waals surface area contributed by atoms with E-state index < -0.39 is 0 Å². The SMILES string of the molecule is CCOC(=O)[C@H]1CCCN(C(=O)CCc2nnc(-c3cccc(Cl)c3)[nH]c2=O)C1. The second-order valence-corrected chi connectivity index (χ2v) is 7.33. The fraction of sp³-hybridized carbons (Fsp3) is 0.450. The van der Waals surface area contributed by atoms with Crippen LogP contribution < -0.4 is 5.56 Å². The molecule has 1 amide bonds. The van der Waals surface area contributed by atoms with Crippen molar-refractivity contribution in [3.8, 4) is 11.4 Å². The van der Waals surface area contributed by atoms with Crippen molar-refractivity contribution in [3.05, 3.63) is 45.3 Å². The Hall–Kier alpha value is -2.74. The standard InChI is InChI=1S/C20H23ClN4O4/c1-2-29-20(28)14-6-4-10-25(12-14)17(26)9-8-16-19(27)22-18(24-23-16)13-5-3-7-15(21)11-13/h3,5,7,11,14H,2,4,6,8-10,12H2,1H3,(H,22,24,27)/t14-/m0/s1. The summed E-state index contributed by atoms with van der Waals surface area (Å²) >= 11 is 5.96. The molecule has 154 valence electrons. The second kappa shape index (κ2) is 9.65. The maximum absolute atomic E-state index is 12.5. The third-order valence-electron chi connectivity index (χ3n) is 4.83. The van der Waals surface area contributed by atoms with Crippen LogP contribution in [0.1, 0.15) is 31.9 Å². The van der Waals surface area contributed by atoms with E-state index in [9.17, 15) is 14.4 Å². The van der Waals surface area contributed by atoms with Gasteiger partial charge in [-0.15, -0.1) is 10.2 Å². The van der Waals surface area contributed by atoms with Crippen molar-refractivity contribution < 1.29 is 14.3 Å². The zero-order chi connectivity index (χ0) is 20.8. The lowest BCUT2D eigenvalue weighted by molar-refractivity contribution is -0.151. The highest BCUT2D eigenvalue weighted by molar-refractivity contribution is 6.30. The maximum atomic E-state index is 12.5. The molecule has 0 unspecified atom stereocenters. The van der Waals surface area contributed by atoms with Gasteiger partial charge in [-0.25, -0.2) is 0 Å². The lowest BCUT2D eigenvalue weighted by Crippen LogP contribution is -2.43. The number of nitrogens with one attached hydrogen (secondary N) is 1. The number of carbonyl (C=O) groups is 2. The number of carbonyl (C=O) groups excluding carboxylic acids is 2. The zero-order valence-corrected chi connectivity index (χ0v) is 16.9. The Kier molecular flexibility index (Phi) is 6.98. The Morgan fingerprint density at radius 1 is 1.34 bits per heavy atom. The molecule has 0 saturated carbocycles. The third kappa shape index (κ3) is 5.41. The summed E-state index contributed by atoms with van der Waals surface area (Å²) < 4.78 is 5.06. The van der Waals surface area contributed by atoms with Crippen LogP contribution in [-0.2, 0) is 20.7 Å². The van der Waals surface area contributed by atoms with Gasteiger partial charge in [0.25, 0.3) is 5.56 Å². The summed E-state index contributed by atoms with van der Waals surface area (Å²) in [5, 5.41) is 8.56. The molecular formula is C20H23ClN4O4. The number of H-pyrrole nitrogens is 1. The van der Waals surface area contributed by atoms with Crippen molar-refractivity contribution in [2.45, 2.75) is 32.6 Å². The van der Waals surface area contributed by atoms with Crippen molar-refractivity contribution in [2.24, 2.45) is 5.92 Å². The molecule has 1 aliphatic rings. The highest BCUT2D eigenvalue weighted by atomic mass is 35.5. The number of benzene rings is 1. The Balaban J connectivity index is 1.60. The number of hydrogen-bond acceptors (Lipinski definition) is 6. The van der Waals surface area contributed by atoms with E-state index in [1.54, 1.807) is 36.1 Å². The van der Waals surface area contributed by atoms with Crippen molar-refractivity contribution in [3.63, 3.8) is 0 Å². The maximum Gasteiger partial charge on any atom is 0.310 e. The van der Waals surface area contributed by atoms with Gasteiger partial charge in [-0.3, -0.25) is 14.4 Å². The van der Waals surface area contributed by atoms with Gasteiger partial charge in [-0.1, -0.05) is 23.7 Å². The molecule has 2 aromatic rings. The number of piperidine rings is 1. The van der Waals surface area contributed by atoms with E-state index >= 15 is 0 Å². The van der Waals surface area contributed by atoms with E-state index in [1.807, 2.05) is 0 Å². The largest absolute Gasteiger partial charge is 0.466 e. The van der Waals surface area contributed by atoms with E-state index in [4.69, 9.17) is 16.3 Å². The van der Waals surface area contributed by atoms with Crippen LogP contribution in [0.25, 0.3) is 11.4 Å². The number of aromatic amines is 1. The van der Waals surface area contributed by atoms with Gasteiger partial charge < -0.3 is 14.6 Å². The summed E-state index contributed by atoms with van der Waals surface area (Å²) in [5.74, 6) is -0.336. The predicted octanol–water partition coefficient (Wildman–Crippen LogP) is 2.22. The van der Waals surface area contributed by atoms with Gasteiger partial charge >= 0.3 is 5.97 Å². The predicted molar refractivity (Wildman–Crippen MR) is 107 cm³/mol. The van der Waals surface area contributed by atoms with E-state index in [2.05, 4.69) is 15.2 Å². The van der Waals surface area contributed by atoms with Gasteiger partial charge in [-0.2, -0.15) is 0 Å². The number of amides is 1. The Labute approximate surface area is 173 Å². The van der Waals surface area contributed by atoms with Crippen LogP contribution >= 0.6 is 11.6 Å². The molecule has 1 saturated heterocycles. The van der Waals surface area contributed by atoms with Crippen LogP contribution in [0.5, 0.6) is 0 Å². The molecule has 0 aliphatic carbocycles. The average Bonchev–Trinajstić information content (AvgIpc) is 2.73. The molecule has 1 aliphatic heterocycles. The van der Waals surface area contributed by atoms with Gasteiger partial charge in [0.1, 0.15) is 5.69 Å². The number of aromatic nitrogens is 3. The summed E-state index contributed by atoms with van der Waals surface area (Å²) in [7, 11) is 0. The molecule has 1 aromatic heterocycles. The normalized spacial score (nSPS) is 16.5. The molecule has 8 nitrogen and oxygen atoms in total. The summed E-state index contributed by atoms with van der Waals surface area (Å²) in [5.41, 5.74) is 0.469. The lowest BCUT2D eigenvalue weighted by Gasteiger charge is -2.31. The molecule has 1 N–H and O–H groups in total. The Morgan fingerprint density at radius 3 is 2.90 bits per heavy atom. The first kappa shape index (κ1) is 21.0. The highest BCUT2D eigenvalue weighted by Crippen LogP contribution is 2.20. The second-order valence-electron chi connectivity index (χ2n) is 6.89. The number of nitrogens with zero attached hydrogens (tertiary/aromatic N) is 3. The molecule has 0 spiro atoms. The molecule has 29 heavy (non-hydrogen) atoms. The molecule has 0 bridgehead atoms. The van der Waals surface area contributed by atoms with Crippen molar-refractivity contribution in [1.29, 1.82) is 0 Å². The fourth-order valence-corrected chi connectivity index (χ4v) is 3.52. The molecule has 1 atom stereocenters. The first-order valence-corrected chi connectivity index (χ1v) is 10.0. The number of aryl methyl sites for hydroxylation is 1. The summed E-state index contributed by atoms with van der Waals surface area (Å²) in [6.07, 6.45) is 1.78. The van der Waals surface area contributed by atoms with Crippen LogP contribution in [0.15, 0.2) is 29.1 Å². The first-order valence-electron chi connectivity index (χ1n) is 9.64. The smallest absolute Gasteiger partial charge is 0.310 e. The lowest BCUT2D eigenvalue weighted by atomic mass is 9.98. The van der Waals surface area contributed by atoms with Crippen LogP contribution in [-0.4, -0.2) is 51.7 Å². The van der Waals surface area contributed by atoms with Crippen molar-refractivity contribution in [1.82, 2.24) is 20.1 Å². The zero-order valence-electron chi connectivity index (χ0n) is 16.2. The first-order chi connectivity index (χ1) is 14.0. The average molecular weight is 419 g/mol. The van der Waals surface area contributed by atoms with Gasteiger partial charge in [0.05, 0.1) is 12.5 Å². The minimum Gasteiger partial charge on any atom is -0.466 e. The molecule has 1 aromatic carbocycles. The summed E-state index contributed by atoms with van der Waals surface area (Å²) in [6, 6.07) is 6.93. The van der Waals surface area contributed by atoms with Gasteiger partial charge in [0, 0.05) is 36.5 Å². The summed E-state index contributed by atoms with van der Waals surface area (Å²) in [6.45, 7) is 3.05. The van der Waals surface area contributed by atoms with Crippen LogP contribution in [0.3, 0.4) is 0 Å². The van der Waals surface area contributed by atoms with E-state index in [-0.39, 0.29) is 41.9 Å². The molecule has 3 rings (SSSR count). The minimum absolute atomic E-state index is 0.112. The van der Waals surface area contributed by atoms with Crippen LogP contribution in [0.4, 0.5) is 0 Å². The summed E-state index contributed by atoms with van der Waals surface area (Å²) in [4.78, 5) is 41.1. The van der Waals surface area contributed by atoms with Gasteiger partial charge in [0.15, 0.2) is 5.82 Å². The number of likely N-dealkylation sites (tertiary alicyclic amines) is 1. The van der Waals surface area contributed by atoms with Crippen LogP contribution in [0.2, 0.25) is 5.02 Å². The van der Waals surface area contributed by atoms with Crippen molar-refractivity contribution in [2.75, 3.05) is 19.7 Å². The van der Waals surface area contributed by atoms with Gasteiger partial charge in [-0.05, 0) is 31.9 Å². The number of hydrogen-bond donors (Lipinski definition) is 1. The molecule has 0 radical (unpaired) electrons. The van der Waals surface area contributed by atoms with E-state index in [0.29, 0.717) is 36.1 Å². The number of ether oxygens (including phenoxy) is 1.